The predicted molar refractivity (Wildman–Crippen MR) is 68.0 cm³/mol. The minimum atomic E-state index is -0.612. The van der Waals surface area contributed by atoms with E-state index in [4.69, 9.17) is 0 Å². The van der Waals surface area contributed by atoms with Gasteiger partial charge in [0, 0.05) is 6.04 Å². The van der Waals surface area contributed by atoms with Crippen LogP contribution in [-0.2, 0) is 4.79 Å². The van der Waals surface area contributed by atoms with Crippen LogP contribution in [0.1, 0.15) is 58.3 Å². The van der Waals surface area contributed by atoms with Gasteiger partial charge in [-0.2, -0.15) is 0 Å². The first-order valence-electron chi connectivity index (χ1n) is 7.21. The Morgan fingerprint density at radius 1 is 1.18 bits per heavy atom. The Bertz CT molecular complexity index is 267. The summed E-state index contributed by atoms with van der Waals surface area (Å²) in [5.41, 5.74) is 0. The molecule has 0 aromatic carbocycles. The molecule has 3 heteroatoms. The van der Waals surface area contributed by atoms with E-state index in [0.717, 1.165) is 25.3 Å². The first-order chi connectivity index (χ1) is 8.22. The maximum atomic E-state index is 11.2. The van der Waals surface area contributed by atoms with Crippen LogP contribution < -0.4 is 0 Å². The predicted octanol–water partition coefficient (Wildman–Crippen LogP) is 2.89. The van der Waals surface area contributed by atoms with Crippen molar-refractivity contribution in [3.63, 3.8) is 0 Å². The van der Waals surface area contributed by atoms with Crippen LogP contribution in [0.25, 0.3) is 0 Å². The van der Waals surface area contributed by atoms with Gasteiger partial charge >= 0.3 is 5.97 Å². The zero-order chi connectivity index (χ0) is 12.3. The molecule has 0 aromatic rings. The van der Waals surface area contributed by atoms with Crippen LogP contribution in [0, 0.1) is 5.92 Å². The Balaban J connectivity index is 1.95. The van der Waals surface area contributed by atoms with Crippen LogP contribution in [0.15, 0.2) is 0 Å². The first-order valence-corrected chi connectivity index (χ1v) is 7.21. The highest BCUT2D eigenvalue weighted by Gasteiger charge is 2.35. The number of rotatable bonds is 3. The third-order valence-corrected chi connectivity index (χ3v) is 4.68. The molecular weight excluding hydrogens is 214 g/mol. The summed E-state index contributed by atoms with van der Waals surface area (Å²) in [4.78, 5) is 13.5. The molecule has 1 N–H and O–H groups in total. The van der Waals surface area contributed by atoms with E-state index in [9.17, 15) is 9.90 Å². The number of aliphatic carboxylic acids is 1. The fraction of sp³-hybridized carbons (Fsp3) is 0.929. The normalized spacial score (nSPS) is 35.7. The second-order valence-electron chi connectivity index (χ2n) is 5.67. The van der Waals surface area contributed by atoms with E-state index in [2.05, 4.69) is 11.8 Å². The molecular formula is C14H25NO2. The van der Waals surface area contributed by atoms with Crippen LogP contribution in [-0.4, -0.2) is 34.6 Å². The Kier molecular flexibility index (Phi) is 4.43. The molecule has 3 unspecified atom stereocenters. The van der Waals surface area contributed by atoms with E-state index in [0.29, 0.717) is 6.04 Å². The summed E-state index contributed by atoms with van der Waals surface area (Å²) >= 11 is 0. The van der Waals surface area contributed by atoms with Crippen LogP contribution >= 0.6 is 0 Å². The Morgan fingerprint density at radius 3 is 2.71 bits per heavy atom. The van der Waals surface area contributed by atoms with Gasteiger partial charge in [-0.15, -0.1) is 0 Å². The Morgan fingerprint density at radius 2 is 2.00 bits per heavy atom. The summed E-state index contributed by atoms with van der Waals surface area (Å²) in [6.45, 7) is 3.28. The molecule has 0 spiro atoms. The van der Waals surface area contributed by atoms with Crippen molar-refractivity contribution in [2.75, 3.05) is 6.54 Å². The molecule has 3 atom stereocenters. The first kappa shape index (κ1) is 12.9. The van der Waals surface area contributed by atoms with E-state index in [1.54, 1.807) is 0 Å². The third kappa shape index (κ3) is 3.01. The van der Waals surface area contributed by atoms with Gasteiger partial charge < -0.3 is 5.11 Å². The van der Waals surface area contributed by atoms with E-state index >= 15 is 0 Å². The molecule has 0 bridgehead atoms. The quantitative estimate of drug-likeness (QED) is 0.770. The molecule has 1 saturated heterocycles. The molecule has 2 rings (SSSR count). The summed E-state index contributed by atoms with van der Waals surface area (Å²) in [6.07, 6.45) is 9.54. The van der Waals surface area contributed by atoms with Gasteiger partial charge in [0.2, 0.25) is 0 Å². The van der Waals surface area contributed by atoms with E-state index in [1.165, 1.54) is 38.5 Å². The van der Waals surface area contributed by atoms with Gasteiger partial charge in [0.1, 0.15) is 6.04 Å². The molecule has 1 aliphatic heterocycles. The minimum Gasteiger partial charge on any atom is -0.480 e. The summed E-state index contributed by atoms with van der Waals surface area (Å²) in [5.74, 6) is 0.268. The SMILES string of the molecule is CCC1CCCC(N2CCCC2C(=O)O)CC1. The molecule has 2 fully saturated rings. The fourth-order valence-corrected chi connectivity index (χ4v) is 3.59. The number of nitrogens with zero attached hydrogens (tertiary/aromatic N) is 1. The summed E-state index contributed by atoms with van der Waals surface area (Å²) in [6, 6.07) is 0.341. The van der Waals surface area contributed by atoms with E-state index in [1.807, 2.05) is 0 Å². The topological polar surface area (TPSA) is 40.5 Å². The van der Waals surface area contributed by atoms with Crippen molar-refractivity contribution >= 4 is 5.97 Å². The lowest BCUT2D eigenvalue weighted by molar-refractivity contribution is -0.143. The van der Waals surface area contributed by atoms with Crippen molar-refractivity contribution in [1.82, 2.24) is 4.90 Å². The van der Waals surface area contributed by atoms with Gasteiger partial charge in [-0.1, -0.05) is 26.2 Å². The van der Waals surface area contributed by atoms with Gasteiger partial charge in [0.05, 0.1) is 0 Å². The lowest BCUT2D eigenvalue weighted by Gasteiger charge is -2.30. The zero-order valence-corrected chi connectivity index (χ0v) is 10.9. The van der Waals surface area contributed by atoms with Crippen LogP contribution in [0.2, 0.25) is 0 Å². The Hall–Kier alpha value is -0.570. The largest absolute Gasteiger partial charge is 0.480 e. The van der Waals surface area contributed by atoms with Crippen molar-refractivity contribution in [3.8, 4) is 0 Å². The molecule has 98 valence electrons. The third-order valence-electron chi connectivity index (χ3n) is 4.68. The molecule has 2 aliphatic rings. The van der Waals surface area contributed by atoms with Crippen LogP contribution in [0.5, 0.6) is 0 Å². The molecule has 0 amide bonds. The highest BCUT2D eigenvalue weighted by Crippen LogP contribution is 2.31. The molecule has 0 aromatic heterocycles. The lowest BCUT2D eigenvalue weighted by atomic mass is 9.97. The van der Waals surface area contributed by atoms with Crippen molar-refractivity contribution in [2.24, 2.45) is 5.92 Å². The number of carboxylic acid groups (broad SMARTS) is 1. The van der Waals surface area contributed by atoms with Gasteiger partial charge in [0.15, 0.2) is 0 Å². The number of hydrogen-bond acceptors (Lipinski definition) is 2. The summed E-state index contributed by atoms with van der Waals surface area (Å²) in [7, 11) is 0. The second-order valence-corrected chi connectivity index (χ2v) is 5.67. The molecule has 1 heterocycles. The highest BCUT2D eigenvalue weighted by molar-refractivity contribution is 5.73. The zero-order valence-electron chi connectivity index (χ0n) is 10.9. The maximum Gasteiger partial charge on any atom is 0.320 e. The van der Waals surface area contributed by atoms with Crippen molar-refractivity contribution < 1.29 is 9.90 Å². The van der Waals surface area contributed by atoms with E-state index < -0.39 is 5.97 Å². The summed E-state index contributed by atoms with van der Waals surface area (Å²) < 4.78 is 0. The van der Waals surface area contributed by atoms with Gasteiger partial charge in [-0.3, -0.25) is 9.69 Å². The average molecular weight is 239 g/mol. The molecule has 1 saturated carbocycles. The number of carbonyl (C=O) groups is 1. The monoisotopic (exact) mass is 239 g/mol. The Labute approximate surface area is 104 Å². The van der Waals surface area contributed by atoms with Gasteiger partial charge in [-0.05, 0) is 44.6 Å². The number of likely N-dealkylation sites (tertiary alicyclic amines) is 1. The second kappa shape index (κ2) is 5.85. The lowest BCUT2D eigenvalue weighted by Crippen LogP contribution is -2.43. The standard InChI is InChI=1S/C14H25NO2/c1-2-11-5-3-6-12(9-8-11)15-10-4-7-13(15)14(16)17/h11-13H,2-10H2,1H3,(H,16,17). The van der Waals surface area contributed by atoms with Crippen LogP contribution in [0.3, 0.4) is 0 Å². The number of carboxylic acids is 1. The van der Waals surface area contributed by atoms with Gasteiger partial charge in [-0.25, -0.2) is 0 Å². The molecule has 1 aliphatic carbocycles. The van der Waals surface area contributed by atoms with Crippen molar-refractivity contribution in [2.45, 2.75) is 70.4 Å². The van der Waals surface area contributed by atoms with Crippen LogP contribution in [0.4, 0.5) is 0 Å². The minimum absolute atomic E-state index is 0.196. The smallest absolute Gasteiger partial charge is 0.320 e. The van der Waals surface area contributed by atoms with E-state index in [-0.39, 0.29) is 6.04 Å². The highest BCUT2D eigenvalue weighted by atomic mass is 16.4. The van der Waals surface area contributed by atoms with Crippen molar-refractivity contribution in [3.05, 3.63) is 0 Å². The number of hydrogen-bond donors (Lipinski definition) is 1. The average Bonchev–Trinajstić information content (AvgIpc) is 2.68. The van der Waals surface area contributed by atoms with Gasteiger partial charge in [0.25, 0.3) is 0 Å². The molecule has 17 heavy (non-hydrogen) atoms. The summed E-state index contributed by atoms with van der Waals surface area (Å²) in [5, 5.41) is 9.24. The fourth-order valence-electron chi connectivity index (χ4n) is 3.59. The maximum absolute atomic E-state index is 11.2. The molecule has 0 radical (unpaired) electrons. The molecule has 3 nitrogen and oxygen atoms in total. The van der Waals surface area contributed by atoms with Crippen molar-refractivity contribution in [1.29, 1.82) is 0 Å².